The third-order valence-corrected chi connectivity index (χ3v) is 4.15. The second-order valence-corrected chi connectivity index (χ2v) is 6.38. The maximum Gasteiger partial charge on any atom is 0.0670 e. The van der Waals surface area contributed by atoms with E-state index in [1.54, 1.807) is 0 Å². The van der Waals surface area contributed by atoms with E-state index >= 15 is 0 Å². The van der Waals surface area contributed by atoms with Gasteiger partial charge in [0.15, 0.2) is 0 Å². The van der Waals surface area contributed by atoms with E-state index < -0.39 is 0 Å². The Labute approximate surface area is 124 Å². The molecule has 1 heterocycles. The van der Waals surface area contributed by atoms with Crippen LogP contribution in [0.4, 0.5) is 11.4 Å². The molecule has 0 spiro atoms. The maximum atomic E-state index is 8.79. The first kappa shape index (κ1) is 14.4. The summed E-state index contributed by atoms with van der Waals surface area (Å²) in [6.07, 6.45) is 1.34. The average Bonchev–Trinajstić information content (AvgIpc) is 2.79. The van der Waals surface area contributed by atoms with E-state index in [4.69, 9.17) is 11.0 Å². The monoisotopic (exact) mass is 285 g/mol. The molecule has 0 saturated carbocycles. The Balaban J connectivity index is 2.02. The third-order valence-electron chi connectivity index (χ3n) is 3.13. The van der Waals surface area contributed by atoms with Gasteiger partial charge < -0.3 is 11.1 Å². The van der Waals surface area contributed by atoms with Crippen LogP contribution in [-0.4, -0.2) is 6.04 Å². The molecule has 0 fully saturated rings. The number of hydrogen-bond donors (Lipinski definition) is 2. The van der Waals surface area contributed by atoms with Gasteiger partial charge in [0.2, 0.25) is 0 Å². The lowest BCUT2D eigenvalue weighted by Crippen LogP contribution is -2.17. The molecule has 1 aromatic heterocycles. The van der Waals surface area contributed by atoms with E-state index in [9.17, 15) is 0 Å². The molecule has 4 heteroatoms. The van der Waals surface area contributed by atoms with Crippen molar-refractivity contribution in [1.29, 1.82) is 5.26 Å². The fraction of sp³-hybridized carbons (Fsp3) is 0.312. The number of rotatable bonds is 5. The Kier molecular flexibility index (Phi) is 4.65. The van der Waals surface area contributed by atoms with Crippen LogP contribution in [-0.2, 0) is 12.8 Å². The number of aryl methyl sites for hydroxylation is 1. The highest BCUT2D eigenvalue weighted by Gasteiger charge is 2.07. The first-order valence-corrected chi connectivity index (χ1v) is 7.47. The molecule has 20 heavy (non-hydrogen) atoms. The smallest absolute Gasteiger partial charge is 0.0670 e. The molecule has 0 aliphatic carbocycles. The predicted molar refractivity (Wildman–Crippen MR) is 86.0 cm³/mol. The van der Waals surface area contributed by atoms with Crippen molar-refractivity contribution in [3.63, 3.8) is 0 Å². The van der Waals surface area contributed by atoms with Crippen LogP contribution >= 0.6 is 11.3 Å². The molecule has 3 nitrogen and oxygen atoms in total. The van der Waals surface area contributed by atoms with E-state index in [1.807, 2.05) is 29.5 Å². The zero-order valence-corrected chi connectivity index (χ0v) is 12.6. The standard InChI is InChI=1S/C16H19N3S/c1-11(9-15-5-3-12(2)20-15)19-14-4-6-16(18)13(10-14)7-8-17/h3-6,10-11,19H,7,9,18H2,1-2H3. The molecule has 104 valence electrons. The van der Waals surface area contributed by atoms with E-state index in [2.05, 4.69) is 37.4 Å². The van der Waals surface area contributed by atoms with Gasteiger partial charge in [0.25, 0.3) is 0 Å². The summed E-state index contributed by atoms with van der Waals surface area (Å²) in [6, 6.07) is 12.6. The van der Waals surface area contributed by atoms with Crippen molar-refractivity contribution in [3.8, 4) is 6.07 Å². The number of benzene rings is 1. The Morgan fingerprint density at radius 2 is 2.15 bits per heavy atom. The molecule has 3 N–H and O–H groups in total. The van der Waals surface area contributed by atoms with Crippen molar-refractivity contribution < 1.29 is 0 Å². The molecular formula is C16H19N3S. The molecule has 0 saturated heterocycles. The van der Waals surface area contributed by atoms with Gasteiger partial charge in [0.05, 0.1) is 12.5 Å². The molecule has 0 aliphatic heterocycles. The number of nitrogens with zero attached hydrogens (tertiary/aromatic N) is 1. The molecule has 0 aliphatic rings. The highest BCUT2D eigenvalue weighted by molar-refractivity contribution is 7.11. The van der Waals surface area contributed by atoms with Crippen LogP contribution < -0.4 is 11.1 Å². The lowest BCUT2D eigenvalue weighted by Gasteiger charge is -2.15. The number of nitrogens with one attached hydrogen (secondary N) is 1. The summed E-state index contributed by atoms with van der Waals surface area (Å²) < 4.78 is 0. The molecular weight excluding hydrogens is 266 g/mol. The average molecular weight is 285 g/mol. The highest BCUT2D eigenvalue weighted by Crippen LogP contribution is 2.21. The first-order valence-electron chi connectivity index (χ1n) is 6.65. The molecule has 2 rings (SSSR count). The van der Waals surface area contributed by atoms with Crippen molar-refractivity contribution >= 4 is 22.7 Å². The lowest BCUT2D eigenvalue weighted by atomic mass is 10.1. The fourth-order valence-electron chi connectivity index (χ4n) is 2.17. The van der Waals surface area contributed by atoms with E-state index in [0.29, 0.717) is 18.2 Å². The van der Waals surface area contributed by atoms with Crippen molar-refractivity contribution in [2.75, 3.05) is 11.1 Å². The van der Waals surface area contributed by atoms with Gasteiger partial charge in [-0.2, -0.15) is 5.26 Å². The van der Waals surface area contributed by atoms with E-state index in [-0.39, 0.29) is 0 Å². The second kappa shape index (κ2) is 6.44. The molecule has 1 unspecified atom stereocenters. The third kappa shape index (κ3) is 3.75. The largest absolute Gasteiger partial charge is 0.398 e. The Morgan fingerprint density at radius 1 is 1.35 bits per heavy atom. The van der Waals surface area contributed by atoms with Gasteiger partial charge in [-0.25, -0.2) is 0 Å². The molecule has 0 radical (unpaired) electrons. The number of thiophene rings is 1. The summed E-state index contributed by atoms with van der Waals surface area (Å²) in [4.78, 5) is 2.73. The number of hydrogen-bond acceptors (Lipinski definition) is 4. The van der Waals surface area contributed by atoms with Gasteiger partial charge in [0, 0.05) is 33.6 Å². The predicted octanol–water partition coefficient (Wildman–Crippen LogP) is 3.75. The lowest BCUT2D eigenvalue weighted by molar-refractivity contribution is 0.800. The Bertz CT molecular complexity index is 625. The van der Waals surface area contributed by atoms with Gasteiger partial charge in [-0.05, 0) is 49.7 Å². The van der Waals surface area contributed by atoms with Crippen molar-refractivity contribution in [3.05, 3.63) is 45.6 Å². The minimum Gasteiger partial charge on any atom is -0.398 e. The summed E-state index contributed by atoms with van der Waals surface area (Å²) in [5, 5.41) is 12.3. The topological polar surface area (TPSA) is 61.8 Å². The summed E-state index contributed by atoms with van der Waals surface area (Å²) in [6.45, 7) is 4.29. The van der Waals surface area contributed by atoms with Crippen LogP contribution in [0.5, 0.6) is 0 Å². The van der Waals surface area contributed by atoms with Crippen molar-refractivity contribution in [2.45, 2.75) is 32.7 Å². The summed E-state index contributed by atoms with van der Waals surface area (Å²) >= 11 is 1.84. The van der Waals surface area contributed by atoms with Crippen LogP contribution in [0.15, 0.2) is 30.3 Å². The Hall–Kier alpha value is -1.99. The molecule has 2 aromatic rings. The molecule has 1 aromatic carbocycles. The van der Waals surface area contributed by atoms with Crippen LogP contribution in [0.2, 0.25) is 0 Å². The summed E-state index contributed by atoms with van der Waals surface area (Å²) in [7, 11) is 0. The number of nitriles is 1. The SMILES string of the molecule is Cc1ccc(CC(C)Nc2ccc(N)c(CC#N)c2)s1. The molecule has 0 amide bonds. The fourth-order valence-corrected chi connectivity index (χ4v) is 3.19. The highest BCUT2D eigenvalue weighted by atomic mass is 32.1. The summed E-state index contributed by atoms with van der Waals surface area (Å²) in [5.74, 6) is 0. The van der Waals surface area contributed by atoms with Crippen LogP contribution in [0.25, 0.3) is 0 Å². The second-order valence-electron chi connectivity index (χ2n) is 5.01. The van der Waals surface area contributed by atoms with Gasteiger partial charge >= 0.3 is 0 Å². The molecule has 1 atom stereocenters. The summed E-state index contributed by atoms with van der Waals surface area (Å²) in [5.41, 5.74) is 8.44. The van der Waals surface area contributed by atoms with Crippen LogP contribution in [0, 0.1) is 18.3 Å². The van der Waals surface area contributed by atoms with Crippen LogP contribution in [0.1, 0.15) is 22.2 Å². The van der Waals surface area contributed by atoms with Gasteiger partial charge in [-0.3, -0.25) is 0 Å². The van der Waals surface area contributed by atoms with Gasteiger partial charge in [-0.1, -0.05) is 0 Å². The zero-order chi connectivity index (χ0) is 14.5. The van der Waals surface area contributed by atoms with Crippen molar-refractivity contribution in [2.24, 2.45) is 0 Å². The van der Waals surface area contributed by atoms with Crippen LogP contribution in [0.3, 0.4) is 0 Å². The first-order chi connectivity index (χ1) is 9.58. The van der Waals surface area contributed by atoms with Gasteiger partial charge in [0.1, 0.15) is 0 Å². The van der Waals surface area contributed by atoms with E-state index in [0.717, 1.165) is 17.7 Å². The number of nitrogen functional groups attached to an aromatic ring is 1. The minimum absolute atomic E-state index is 0.339. The minimum atomic E-state index is 0.339. The maximum absolute atomic E-state index is 8.79. The number of nitrogens with two attached hydrogens (primary N) is 1. The quantitative estimate of drug-likeness (QED) is 0.822. The normalized spacial score (nSPS) is 11.8. The van der Waals surface area contributed by atoms with E-state index in [1.165, 1.54) is 9.75 Å². The number of anilines is 2. The zero-order valence-electron chi connectivity index (χ0n) is 11.8. The van der Waals surface area contributed by atoms with Crippen molar-refractivity contribution in [1.82, 2.24) is 0 Å². The molecule has 0 bridgehead atoms. The Morgan fingerprint density at radius 3 is 2.80 bits per heavy atom. The van der Waals surface area contributed by atoms with Gasteiger partial charge in [-0.15, -0.1) is 11.3 Å².